The molecule has 0 aromatic heterocycles. The van der Waals surface area contributed by atoms with E-state index in [0.29, 0.717) is 17.4 Å². The highest BCUT2D eigenvalue weighted by molar-refractivity contribution is 5.49. The standard InChI is InChI=1S/C17H26O3/c1-12-9-16(2,3)11-17(18,10-12)15-13(19-4)7-6-8-14(15)20-5/h6-8,12,18H,9-11H2,1-5H3. The maximum Gasteiger partial charge on any atom is 0.128 e. The van der Waals surface area contributed by atoms with E-state index < -0.39 is 5.60 Å². The first kappa shape index (κ1) is 15.2. The number of ether oxygens (including phenoxy) is 2. The number of benzene rings is 1. The van der Waals surface area contributed by atoms with Crippen LogP contribution in [0.15, 0.2) is 18.2 Å². The van der Waals surface area contributed by atoms with Gasteiger partial charge in [0.25, 0.3) is 0 Å². The van der Waals surface area contributed by atoms with Gasteiger partial charge in [0.2, 0.25) is 0 Å². The van der Waals surface area contributed by atoms with Gasteiger partial charge < -0.3 is 14.6 Å². The fraction of sp³-hybridized carbons (Fsp3) is 0.647. The van der Waals surface area contributed by atoms with Crippen LogP contribution in [0.5, 0.6) is 11.5 Å². The van der Waals surface area contributed by atoms with Crippen LogP contribution in [0.1, 0.15) is 45.6 Å². The molecule has 1 aliphatic carbocycles. The first-order chi connectivity index (χ1) is 9.31. The second kappa shape index (κ2) is 5.28. The zero-order valence-corrected chi connectivity index (χ0v) is 13.2. The number of methoxy groups -OCH3 is 2. The zero-order valence-electron chi connectivity index (χ0n) is 13.2. The Bertz CT molecular complexity index is 459. The monoisotopic (exact) mass is 278 g/mol. The quantitative estimate of drug-likeness (QED) is 0.915. The van der Waals surface area contributed by atoms with Gasteiger partial charge in [0.05, 0.1) is 25.4 Å². The molecule has 20 heavy (non-hydrogen) atoms. The minimum atomic E-state index is -0.890. The van der Waals surface area contributed by atoms with Crippen molar-refractivity contribution < 1.29 is 14.6 Å². The van der Waals surface area contributed by atoms with Crippen LogP contribution < -0.4 is 9.47 Å². The summed E-state index contributed by atoms with van der Waals surface area (Å²) >= 11 is 0. The smallest absolute Gasteiger partial charge is 0.128 e. The summed E-state index contributed by atoms with van der Waals surface area (Å²) in [6.45, 7) is 6.64. The molecule has 0 amide bonds. The topological polar surface area (TPSA) is 38.7 Å². The van der Waals surface area contributed by atoms with Crippen LogP contribution in [0, 0.1) is 11.3 Å². The molecule has 0 radical (unpaired) electrons. The van der Waals surface area contributed by atoms with Gasteiger partial charge in [-0.15, -0.1) is 0 Å². The first-order valence-electron chi connectivity index (χ1n) is 7.25. The number of aliphatic hydroxyl groups is 1. The van der Waals surface area contributed by atoms with Gasteiger partial charge in [-0.2, -0.15) is 0 Å². The predicted molar refractivity (Wildman–Crippen MR) is 80.2 cm³/mol. The molecule has 1 aliphatic rings. The summed E-state index contributed by atoms with van der Waals surface area (Å²) in [5.41, 5.74) is 0.0156. The van der Waals surface area contributed by atoms with Crippen molar-refractivity contribution in [1.82, 2.24) is 0 Å². The van der Waals surface area contributed by atoms with Crippen molar-refractivity contribution >= 4 is 0 Å². The largest absolute Gasteiger partial charge is 0.496 e. The molecular formula is C17H26O3. The van der Waals surface area contributed by atoms with E-state index >= 15 is 0 Å². The molecule has 1 N–H and O–H groups in total. The fourth-order valence-electron chi connectivity index (χ4n) is 4.03. The molecule has 3 heteroatoms. The fourth-order valence-corrected chi connectivity index (χ4v) is 4.03. The Balaban J connectivity index is 2.53. The van der Waals surface area contributed by atoms with Gasteiger partial charge in [-0.25, -0.2) is 0 Å². The Morgan fingerprint density at radius 1 is 1.10 bits per heavy atom. The third kappa shape index (κ3) is 2.78. The lowest BCUT2D eigenvalue weighted by Gasteiger charge is -2.45. The predicted octanol–water partition coefficient (Wildman–Crippen LogP) is 3.74. The summed E-state index contributed by atoms with van der Waals surface area (Å²) in [7, 11) is 3.28. The van der Waals surface area contributed by atoms with Gasteiger partial charge in [0, 0.05) is 0 Å². The Morgan fingerprint density at radius 3 is 2.10 bits per heavy atom. The average Bonchev–Trinajstić information content (AvgIpc) is 2.34. The molecule has 1 fully saturated rings. The minimum absolute atomic E-state index is 0.109. The highest BCUT2D eigenvalue weighted by Crippen LogP contribution is 2.52. The molecule has 112 valence electrons. The van der Waals surface area contributed by atoms with Crippen molar-refractivity contribution in [3.63, 3.8) is 0 Å². The number of hydrogen-bond acceptors (Lipinski definition) is 3. The van der Waals surface area contributed by atoms with Gasteiger partial charge in [0.15, 0.2) is 0 Å². The zero-order chi connectivity index (χ0) is 15.0. The molecule has 0 heterocycles. The van der Waals surface area contributed by atoms with Crippen molar-refractivity contribution in [2.24, 2.45) is 11.3 Å². The highest BCUT2D eigenvalue weighted by Gasteiger charge is 2.45. The van der Waals surface area contributed by atoms with E-state index in [0.717, 1.165) is 24.8 Å². The Kier molecular flexibility index (Phi) is 4.01. The summed E-state index contributed by atoms with van der Waals surface area (Å²) in [5, 5.41) is 11.3. The van der Waals surface area contributed by atoms with E-state index in [1.165, 1.54) is 0 Å². The molecule has 1 aromatic carbocycles. The third-order valence-electron chi connectivity index (χ3n) is 4.25. The van der Waals surface area contributed by atoms with Crippen LogP contribution in [0.4, 0.5) is 0 Å². The average molecular weight is 278 g/mol. The number of hydrogen-bond donors (Lipinski definition) is 1. The van der Waals surface area contributed by atoms with Gasteiger partial charge in [0.1, 0.15) is 11.5 Å². The van der Waals surface area contributed by atoms with E-state index in [9.17, 15) is 5.11 Å². The van der Waals surface area contributed by atoms with Crippen molar-refractivity contribution in [3.05, 3.63) is 23.8 Å². The molecule has 1 saturated carbocycles. The summed E-state index contributed by atoms with van der Waals surface area (Å²) in [6.07, 6.45) is 2.60. The van der Waals surface area contributed by atoms with Crippen molar-refractivity contribution in [2.45, 2.75) is 45.6 Å². The van der Waals surface area contributed by atoms with Crippen molar-refractivity contribution in [2.75, 3.05) is 14.2 Å². The third-order valence-corrected chi connectivity index (χ3v) is 4.25. The maximum atomic E-state index is 11.3. The lowest BCUT2D eigenvalue weighted by atomic mass is 9.63. The van der Waals surface area contributed by atoms with Gasteiger partial charge in [-0.3, -0.25) is 0 Å². The normalized spacial score (nSPS) is 29.0. The Labute approximate surface area is 121 Å². The van der Waals surface area contributed by atoms with Crippen molar-refractivity contribution in [3.8, 4) is 11.5 Å². The first-order valence-corrected chi connectivity index (χ1v) is 7.25. The molecule has 1 aromatic rings. The second-order valence-electron chi connectivity index (χ2n) is 6.92. The molecule has 2 rings (SSSR count). The lowest BCUT2D eigenvalue weighted by Crippen LogP contribution is -2.40. The molecule has 0 aliphatic heterocycles. The van der Waals surface area contributed by atoms with E-state index in [4.69, 9.17) is 9.47 Å². The van der Waals surface area contributed by atoms with Crippen LogP contribution in [-0.2, 0) is 5.60 Å². The van der Waals surface area contributed by atoms with E-state index in [-0.39, 0.29) is 5.41 Å². The summed E-state index contributed by atoms with van der Waals surface area (Å²) in [5.74, 6) is 1.88. The number of rotatable bonds is 3. The molecule has 2 unspecified atom stereocenters. The summed E-state index contributed by atoms with van der Waals surface area (Å²) in [6, 6.07) is 5.67. The Hall–Kier alpha value is -1.22. The van der Waals surface area contributed by atoms with Crippen molar-refractivity contribution in [1.29, 1.82) is 0 Å². The van der Waals surface area contributed by atoms with Crippen LogP contribution in [0.25, 0.3) is 0 Å². The molecule has 0 bridgehead atoms. The van der Waals surface area contributed by atoms with Crippen LogP contribution in [-0.4, -0.2) is 19.3 Å². The molecule has 2 atom stereocenters. The van der Waals surface area contributed by atoms with Gasteiger partial charge in [-0.1, -0.05) is 26.8 Å². The van der Waals surface area contributed by atoms with E-state index in [1.807, 2.05) is 18.2 Å². The van der Waals surface area contributed by atoms with Crippen LogP contribution in [0.2, 0.25) is 0 Å². The van der Waals surface area contributed by atoms with Gasteiger partial charge in [-0.05, 0) is 42.7 Å². The highest BCUT2D eigenvalue weighted by atomic mass is 16.5. The van der Waals surface area contributed by atoms with E-state index in [1.54, 1.807) is 14.2 Å². The Morgan fingerprint density at radius 2 is 1.65 bits per heavy atom. The molecule has 0 saturated heterocycles. The lowest BCUT2D eigenvalue weighted by molar-refractivity contribution is -0.0659. The molecule has 3 nitrogen and oxygen atoms in total. The molecule has 0 spiro atoms. The van der Waals surface area contributed by atoms with Gasteiger partial charge >= 0.3 is 0 Å². The summed E-state index contributed by atoms with van der Waals surface area (Å²) < 4.78 is 10.9. The SMILES string of the molecule is COc1cccc(OC)c1C1(O)CC(C)CC(C)(C)C1. The minimum Gasteiger partial charge on any atom is -0.496 e. The molecular weight excluding hydrogens is 252 g/mol. The van der Waals surface area contributed by atoms with Crippen LogP contribution >= 0.6 is 0 Å². The maximum absolute atomic E-state index is 11.3. The van der Waals surface area contributed by atoms with E-state index in [2.05, 4.69) is 20.8 Å². The summed E-state index contributed by atoms with van der Waals surface area (Å²) in [4.78, 5) is 0. The second-order valence-corrected chi connectivity index (χ2v) is 6.92. The van der Waals surface area contributed by atoms with Crippen LogP contribution in [0.3, 0.4) is 0 Å².